The highest BCUT2D eigenvalue weighted by Crippen LogP contribution is 2.33. The van der Waals surface area contributed by atoms with E-state index in [1.807, 2.05) is 6.07 Å². The Labute approximate surface area is 190 Å². The van der Waals surface area contributed by atoms with Crippen molar-refractivity contribution in [2.75, 3.05) is 24.5 Å². The molecule has 0 bridgehead atoms. The largest absolute Gasteiger partial charge is 0.339 e. The van der Waals surface area contributed by atoms with Crippen LogP contribution in [0.5, 0.6) is 0 Å². The highest BCUT2D eigenvalue weighted by atomic mass is 35.5. The van der Waals surface area contributed by atoms with Gasteiger partial charge >= 0.3 is 0 Å². The molecule has 1 amide bonds. The van der Waals surface area contributed by atoms with Crippen LogP contribution in [-0.2, 0) is 14.8 Å². The van der Waals surface area contributed by atoms with Gasteiger partial charge in [0.25, 0.3) is 0 Å². The third-order valence-corrected chi connectivity index (χ3v) is 8.00. The Morgan fingerprint density at radius 1 is 1.06 bits per heavy atom. The number of aromatic nitrogens is 2. The summed E-state index contributed by atoms with van der Waals surface area (Å²) in [6.07, 6.45) is 2.05. The summed E-state index contributed by atoms with van der Waals surface area (Å²) in [6.45, 7) is 1.54. The molecular weight excluding hydrogens is 452 g/mol. The van der Waals surface area contributed by atoms with E-state index in [9.17, 15) is 13.2 Å². The Hall–Kier alpha value is -2.75. The molecule has 2 aliphatic heterocycles. The zero-order valence-electron chi connectivity index (χ0n) is 17.1. The van der Waals surface area contributed by atoms with Crippen LogP contribution < -0.4 is 4.90 Å². The normalized spacial score (nSPS) is 19.7. The number of carbonyl (C=O) groups excluding carboxylic acids is 1. The van der Waals surface area contributed by atoms with Gasteiger partial charge < -0.3 is 9.42 Å². The zero-order valence-corrected chi connectivity index (χ0v) is 18.7. The molecule has 5 rings (SSSR count). The molecule has 2 aliphatic rings. The van der Waals surface area contributed by atoms with E-state index in [2.05, 4.69) is 10.1 Å². The second-order valence-corrected chi connectivity index (χ2v) is 10.4. The summed E-state index contributed by atoms with van der Waals surface area (Å²) in [5.74, 6) is 0.483. The molecule has 0 unspecified atom stereocenters. The van der Waals surface area contributed by atoms with Crippen LogP contribution in [-0.4, -0.2) is 48.4 Å². The fourth-order valence-corrected chi connectivity index (χ4v) is 5.84. The predicted molar refractivity (Wildman–Crippen MR) is 119 cm³/mol. The van der Waals surface area contributed by atoms with E-state index in [1.54, 1.807) is 47.4 Å². The molecule has 1 atom stereocenters. The standard InChI is InChI=1S/C22H21ClN4O4S/c23-17-4-3-5-18(13-17)27-14-16(12-20(27)28)22-24-21(25-31-22)15-6-8-19(9-7-15)32(29,30)26-10-1-2-11-26/h3-9,13,16H,1-2,10-12,14H2/t16-/m1/s1. The van der Waals surface area contributed by atoms with Crippen LogP contribution in [0.4, 0.5) is 5.69 Å². The van der Waals surface area contributed by atoms with Gasteiger partial charge in [-0.1, -0.05) is 22.8 Å². The topological polar surface area (TPSA) is 96.6 Å². The van der Waals surface area contributed by atoms with E-state index in [0.29, 0.717) is 41.9 Å². The lowest BCUT2D eigenvalue weighted by atomic mass is 10.1. The smallest absolute Gasteiger partial charge is 0.243 e. The van der Waals surface area contributed by atoms with Crippen molar-refractivity contribution >= 4 is 33.2 Å². The maximum Gasteiger partial charge on any atom is 0.243 e. The maximum absolute atomic E-state index is 12.7. The van der Waals surface area contributed by atoms with Gasteiger partial charge in [0, 0.05) is 42.3 Å². The minimum atomic E-state index is -3.47. The molecule has 2 fully saturated rings. The molecule has 2 saturated heterocycles. The lowest BCUT2D eigenvalue weighted by Gasteiger charge is -2.16. The van der Waals surface area contributed by atoms with Gasteiger partial charge in [0.1, 0.15) is 0 Å². The van der Waals surface area contributed by atoms with Gasteiger partial charge in [-0.05, 0) is 55.3 Å². The van der Waals surface area contributed by atoms with Gasteiger partial charge in [0.15, 0.2) is 0 Å². The monoisotopic (exact) mass is 472 g/mol. The first-order chi connectivity index (χ1) is 15.4. The number of benzene rings is 2. The average Bonchev–Trinajstić information content (AvgIpc) is 3.54. The molecule has 166 valence electrons. The molecule has 10 heteroatoms. The zero-order chi connectivity index (χ0) is 22.3. The van der Waals surface area contributed by atoms with Crippen LogP contribution in [0.15, 0.2) is 57.9 Å². The van der Waals surface area contributed by atoms with Crippen LogP contribution >= 0.6 is 11.6 Å². The number of hydrogen-bond acceptors (Lipinski definition) is 6. The summed E-state index contributed by atoms with van der Waals surface area (Å²) in [7, 11) is -3.47. The average molecular weight is 473 g/mol. The van der Waals surface area contributed by atoms with Crippen LogP contribution in [0, 0.1) is 0 Å². The van der Waals surface area contributed by atoms with Crippen molar-refractivity contribution in [2.45, 2.75) is 30.1 Å². The SMILES string of the molecule is O=C1C[C@@H](c2nc(-c3ccc(S(=O)(=O)N4CCCC4)cc3)no2)CN1c1cccc(Cl)c1. The number of nitrogens with zero attached hydrogens (tertiary/aromatic N) is 4. The number of halogens is 1. The number of anilines is 1. The molecule has 8 nitrogen and oxygen atoms in total. The maximum atomic E-state index is 12.7. The second-order valence-electron chi connectivity index (χ2n) is 7.98. The molecule has 0 N–H and O–H groups in total. The van der Waals surface area contributed by atoms with Gasteiger partial charge in [-0.3, -0.25) is 4.79 Å². The molecule has 0 radical (unpaired) electrons. The summed E-state index contributed by atoms with van der Waals surface area (Å²) in [5.41, 5.74) is 1.39. The van der Waals surface area contributed by atoms with Crippen molar-refractivity contribution in [3.8, 4) is 11.4 Å². The van der Waals surface area contributed by atoms with Crippen molar-refractivity contribution in [2.24, 2.45) is 0 Å². The van der Waals surface area contributed by atoms with Crippen molar-refractivity contribution in [1.29, 1.82) is 0 Å². The molecule has 2 aromatic carbocycles. The molecule has 0 spiro atoms. The molecular formula is C22H21ClN4O4S. The highest BCUT2D eigenvalue weighted by molar-refractivity contribution is 7.89. The molecule has 0 saturated carbocycles. The number of sulfonamides is 1. The predicted octanol–water partition coefficient (Wildman–Crippen LogP) is 3.70. The van der Waals surface area contributed by atoms with E-state index in [-0.39, 0.29) is 23.1 Å². The molecule has 32 heavy (non-hydrogen) atoms. The minimum Gasteiger partial charge on any atom is -0.339 e. The highest BCUT2D eigenvalue weighted by Gasteiger charge is 2.35. The second kappa shape index (κ2) is 8.31. The van der Waals surface area contributed by atoms with Gasteiger partial charge in [-0.2, -0.15) is 9.29 Å². The Kier molecular flexibility index (Phi) is 5.48. The first-order valence-electron chi connectivity index (χ1n) is 10.4. The Morgan fingerprint density at radius 3 is 2.53 bits per heavy atom. The summed E-state index contributed by atoms with van der Waals surface area (Å²) in [6, 6.07) is 13.6. The van der Waals surface area contributed by atoms with E-state index in [0.717, 1.165) is 18.5 Å². The van der Waals surface area contributed by atoms with E-state index >= 15 is 0 Å². The molecule has 3 aromatic rings. The van der Waals surface area contributed by atoms with E-state index < -0.39 is 10.0 Å². The third kappa shape index (κ3) is 3.92. The number of hydrogen-bond donors (Lipinski definition) is 0. The van der Waals surface area contributed by atoms with Crippen LogP contribution in [0.25, 0.3) is 11.4 Å². The van der Waals surface area contributed by atoms with Gasteiger partial charge in [-0.25, -0.2) is 8.42 Å². The lowest BCUT2D eigenvalue weighted by molar-refractivity contribution is -0.117. The van der Waals surface area contributed by atoms with Crippen LogP contribution in [0.3, 0.4) is 0 Å². The molecule has 1 aromatic heterocycles. The first kappa shape index (κ1) is 21.1. The summed E-state index contributed by atoms with van der Waals surface area (Å²) in [4.78, 5) is 18.9. The van der Waals surface area contributed by atoms with Gasteiger partial charge in [0.05, 0.1) is 10.8 Å². The number of carbonyl (C=O) groups is 1. The van der Waals surface area contributed by atoms with Crippen molar-refractivity contribution in [3.63, 3.8) is 0 Å². The van der Waals surface area contributed by atoms with E-state index in [1.165, 1.54) is 4.31 Å². The Morgan fingerprint density at radius 2 is 1.81 bits per heavy atom. The fraction of sp³-hybridized carbons (Fsp3) is 0.318. The molecule has 3 heterocycles. The number of rotatable bonds is 5. The van der Waals surface area contributed by atoms with Crippen LogP contribution in [0.2, 0.25) is 5.02 Å². The summed E-state index contributed by atoms with van der Waals surface area (Å²) < 4.78 is 32.3. The van der Waals surface area contributed by atoms with Crippen LogP contribution in [0.1, 0.15) is 31.1 Å². The van der Waals surface area contributed by atoms with Crippen molar-refractivity contribution in [1.82, 2.24) is 14.4 Å². The number of amides is 1. The first-order valence-corrected chi connectivity index (χ1v) is 12.2. The molecule has 0 aliphatic carbocycles. The van der Waals surface area contributed by atoms with Crippen molar-refractivity contribution < 1.29 is 17.7 Å². The quantitative estimate of drug-likeness (QED) is 0.561. The third-order valence-electron chi connectivity index (χ3n) is 5.85. The van der Waals surface area contributed by atoms with Gasteiger partial charge in [0.2, 0.25) is 27.6 Å². The minimum absolute atomic E-state index is 0.0338. The summed E-state index contributed by atoms with van der Waals surface area (Å²) >= 11 is 6.05. The Balaban J connectivity index is 1.32. The summed E-state index contributed by atoms with van der Waals surface area (Å²) in [5, 5.41) is 4.60. The van der Waals surface area contributed by atoms with Crippen molar-refractivity contribution in [3.05, 3.63) is 59.4 Å². The van der Waals surface area contributed by atoms with E-state index in [4.69, 9.17) is 16.1 Å². The lowest BCUT2D eigenvalue weighted by Crippen LogP contribution is -2.27. The Bertz CT molecular complexity index is 1250. The van der Waals surface area contributed by atoms with Gasteiger partial charge in [-0.15, -0.1) is 0 Å². The fourth-order valence-electron chi connectivity index (χ4n) is 4.14.